The molecule has 3 amide bonds. The standard InChI is InChI=1S/C22H29N5O4S/c1-4-23-22(29)25-17-9-7-8-16(14-17)24-21(28)19-15-18(32(30,31)26(2)3)10-11-20(19)27-12-5-6-13-27/h7-11,14-15H,4-6,12-13H2,1-3H3,(H,24,28)(H2,23,25,29). The summed E-state index contributed by atoms with van der Waals surface area (Å²) in [6, 6.07) is 11.1. The Bertz CT molecular complexity index is 1100. The van der Waals surface area contributed by atoms with Crippen molar-refractivity contribution in [3.05, 3.63) is 48.0 Å². The van der Waals surface area contributed by atoms with Gasteiger partial charge in [-0.1, -0.05) is 6.07 Å². The Morgan fingerprint density at radius 2 is 1.66 bits per heavy atom. The molecule has 0 spiro atoms. The van der Waals surface area contributed by atoms with Gasteiger partial charge < -0.3 is 20.9 Å². The number of carbonyl (C=O) groups excluding carboxylic acids is 2. The average Bonchev–Trinajstić information content (AvgIpc) is 3.28. The van der Waals surface area contributed by atoms with Crippen LogP contribution in [0.2, 0.25) is 0 Å². The number of nitrogens with one attached hydrogen (secondary N) is 3. The maximum atomic E-state index is 13.2. The molecule has 1 heterocycles. The van der Waals surface area contributed by atoms with E-state index in [2.05, 4.69) is 20.9 Å². The van der Waals surface area contributed by atoms with Crippen LogP contribution in [-0.2, 0) is 10.0 Å². The Kier molecular flexibility index (Phi) is 7.37. The third-order valence-electron chi connectivity index (χ3n) is 5.15. The number of hydrogen-bond donors (Lipinski definition) is 3. The van der Waals surface area contributed by atoms with Crippen LogP contribution < -0.4 is 20.9 Å². The second kappa shape index (κ2) is 10.0. The summed E-state index contributed by atoms with van der Waals surface area (Å²) in [4.78, 5) is 27.1. The highest BCUT2D eigenvalue weighted by Crippen LogP contribution is 2.29. The number of anilines is 3. The predicted molar refractivity (Wildman–Crippen MR) is 126 cm³/mol. The summed E-state index contributed by atoms with van der Waals surface area (Å²) < 4.78 is 26.4. The lowest BCUT2D eigenvalue weighted by molar-refractivity contribution is 0.102. The van der Waals surface area contributed by atoms with Gasteiger partial charge in [0.05, 0.1) is 10.5 Å². The first kappa shape index (κ1) is 23.6. The number of benzene rings is 2. The Labute approximate surface area is 188 Å². The summed E-state index contributed by atoms with van der Waals surface area (Å²) in [7, 11) is -0.781. The van der Waals surface area contributed by atoms with E-state index in [1.165, 1.54) is 26.2 Å². The van der Waals surface area contributed by atoms with Crippen molar-refractivity contribution < 1.29 is 18.0 Å². The topological polar surface area (TPSA) is 111 Å². The molecule has 0 radical (unpaired) electrons. The molecule has 172 valence electrons. The summed E-state index contributed by atoms with van der Waals surface area (Å²) in [5.74, 6) is -0.419. The zero-order chi connectivity index (χ0) is 23.3. The molecular weight excluding hydrogens is 430 g/mol. The van der Waals surface area contributed by atoms with E-state index < -0.39 is 15.9 Å². The van der Waals surface area contributed by atoms with Crippen LogP contribution in [-0.4, -0.2) is 58.4 Å². The van der Waals surface area contributed by atoms with Crippen LogP contribution in [0.15, 0.2) is 47.4 Å². The summed E-state index contributed by atoms with van der Waals surface area (Å²) in [5.41, 5.74) is 2.00. The van der Waals surface area contributed by atoms with Crippen molar-refractivity contribution in [1.82, 2.24) is 9.62 Å². The van der Waals surface area contributed by atoms with Gasteiger partial charge in [-0.05, 0) is 56.2 Å². The molecule has 1 aliphatic heterocycles. The maximum absolute atomic E-state index is 13.2. The van der Waals surface area contributed by atoms with Gasteiger partial charge in [0.2, 0.25) is 10.0 Å². The minimum absolute atomic E-state index is 0.0576. The molecule has 3 N–H and O–H groups in total. The van der Waals surface area contributed by atoms with Gasteiger partial charge in [0, 0.05) is 50.8 Å². The smallest absolute Gasteiger partial charge is 0.319 e. The van der Waals surface area contributed by atoms with Crippen molar-refractivity contribution in [3.63, 3.8) is 0 Å². The lowest BCUT2D eigenvalue weighted by Gasteiger charge is -2.22. The molecule has 0 aromatic heterocycles. The second-order valence-electron chi connectivity index (χ2n) is 7.68. The molecule has 9 nitrogen and oxygen atoms in total. The first-order chi connectivity index (χ1) is 15.2. The van der Waals surface area contributed by atoms with Crippen molar-refractivity contribution in [1.29, 1.82) is 0 Å². The Morgan fingerprint density at radius 1 is 1.00 bits per heavy atom. The predicted octanol–water partition coefficient (Wildman–Crippen LogP) is 2.93. The monoisotopic (exact) mass is 459 g/mol. The van der Waals surface area contributed by atoms with E-state index in [0.29, 0.717) is 23.6 Å². The van der Waals surface area contributed by atoms with E-state index >= 15 is 0 Å². The highest BCUT2D eigenvalue weighted by Gasteiger charge is 2.24. The highest BCUT2D eigenvalue weighted by atomic mass is 32.2. The molecule has 0 bridgehead atoms. The first-order valence-electron chi connectivity index (χ1n) is 10.5. The number of rotatable bonds is 7. The van der Waals surface area contributed by atoms with Crippen LogP contribution in [0.4, 0.5) is 21.9 Å². The molecule has 3 rings (SSSR count). The van der Waals surface area contributed by atoms with Crippen molar-refractivity contribution >= 4 is 39.0 Å². The van der Waals surface area contributed by atoms with Crippen LogP contribution in [0, 0.1) is 0 Å². The van der Waals surface area contributed by atoms with Crippen LogP contribution in [0.1, 0.15) is 30.1 Å². The molecule has 1 fully saturated rings. The molecule has 1 aliphatic rings. The number of hydrogen-bond acceptors (Lipinski definition) is 5. The summed E-state index contributed by atoms with van der Waals surface area (Å²) in [6.07, 6.45) is 2.04. The van der Waals surface area contributed by atoms with Crippen molar-refractivity contribution in [2.45, 2.75) is 24.7 Å². The minimum atomic E-state index is -3.69. The van der Waals surface area contributed by atoms with Crippen LogP contribution in [0.25, 0.3) is 0 Å². The van der Waals surface area contributed by atoms with Gasteiger partial charge in [-0.2, -0.15) is 0 Å². The maximum Gasteiger partial charge on any atom is 0.319 e. The average molecular weight is 460 g/mol. The number of nitrogens with zero attached hydrogens (tertiary/aromatic N) is 2. The second-order valence-corrected chi connectivity index (χ2v) is 9.83. The number of carbonyl (C=O) groups is 2. The Balaban J connectivity index is 1.91. The fourth-order valence-electron chi connectivity index (χ4n) is 3.51. The van der Waals surface area contributed by atoms with Crippen molar-refractivity contribution in [2.24, 2.45) is 0 Å². The highest BCUT2D eigenvalue weighted by molar-refractivity contribution is 7.89. The fraction of sp³-hybridized carbons (Fsp3) is 0.364. The van der Waals surface area contributed by atoms with E-state index in [1.54, 1.807) is 30.3 Å². The number of sulfonamides is 1. The zero-order valence-electron chi connectivity index (χ0n) is 18.5. The Morgan fingerprint density at radius 3 is 2.28 bits per heavy atom. The third kappa shape index (κ3) is 5.38. The van der Waals surface area contributed by atoms with E-state index in [1.807, 2.05) is 6.92 Å². The SMILES string of the molecule is CCNC(=O)Nc1cccc(NC(=O)c2cc(S(=O)(=O)N(C)C)ccc2N2CCCC2)c1. The van der Waals surface area contributed by atoms with Crippen LogP contribution >= 0.6 is 0 Å². The number of urea groups is 1. The van der Waals surface area contributed by atoms with E-state index in [4.69, 9.17) is 0 Å². The van der Waals surface area contributed by atoms with Gasteiger partial charge in [0.15, 0.2) is 0 Å². The number of amides is 3. The van der Waals surface area contributed by atoms with Gasteiger partial charge in [-0.25, -0.2) is 17.5 Å². The van der Waals surface area contributed by atoms with Gasteiger partial charge in [-0.3, -0.25) is 4.79 Å². The molecule has 2 aromatic carbocycles. The molecule has 10 heteroatoms. The fourth-order valence-corrected chi connectivity index (χ4v) is 4.44. The minimum Gasteiger partial charge on any atom is -0.371 e. The zero-order valence-corrected chi connectivity index (χ0v) is 19.3. The molecular formula is C22H29N5O4S. The van der Waals surface area contributed by atoms with Crippen LogP contribution in [0.5, 0.6) is 0 Å². The Hall–Kier alpha value is -3.11. The normalized spacial score (nSPS) is 13.8. The molecule has 0 saturated carbocycles. The lowest BCUT2D eigenvalue weighted by Crippen LogP contribution is -2.28. The van der Waals surface area contributed by atoms with Gasteiger partial charge in [0.25, 0.3) is 5.91 Å². The van der Waals surface area contributed by atoms with E-state index in [0.717, 1.165) is 30.2 Å². The summed E-state index contributed by atoms with van der Waals surface area (Å²) >= 11 is 0. The molecule has 0 unspecified atom stereocenters. The van der Waals surface area contributed by atoms with Gasteiger partial charge >= 0.3 is 6.03 Å². The van der Waals surface area contributed by atoms with Crippen molar-refractivity contribution in [3.8, 4) is 0 Å². The molecule has 32 heavy (non-hydrogen) atoms. The van der Waals surface area contributed by atoms with Gasteiger partial charge in [0.1, 0.15) is 0 Å². The third-order valence-corrected chi connectivity index (χ3v) is 6.96. The molecule has 1 saturated heterocycles. The largest absolute Gasteiger partial charge is 0.371 e. The quantitative estimate of drug-likeness (QED) is 0.590. The molecule has 0 atom stereocenters. The summed E-state index contributed by atoms with van der Waals surface area (Å²) in [6.45, 7) is 3.94. The summed E-state index contributed by atoms with van der Waals surface area (Å²) in [5, 5.41) is 8.17. The van der Waals surface area contributed by atoms with Crippen molar-refractivity contribution in [2.75, 3.05) is 49.3 Å². The van der Waals surface area contributed by atoms with E-state index in [-0.39, 0.29) is 16.5 Å². The van der Waals surface area contributed by atoms with E-state index in [9.17, 15) is 18.0 Å². The van der Waals surface area contributed by atoms with Gasteiger partial charge in [-0.15, -0.1) is 0 Å². The molecule has 0 aliphatic carbocycles. The first-order valence-corrected chi connectivity index (χ1v) is 11.9. The lowest BCUT2D eigenvalue weighted by atomic mass is 10.1. The molecule has 2 aromatic rings. The van der Waals surface area contributed by atoms with Crippen LogP contribution in [0.3, 0.4) is 0 Å².